The molecular formula is C22H23N3O3. The molecule has 0 aliphatic heterocycles. The van der Waals surface area contributed by atoms with E-state index in [2.05, 4.69) is 16.0 Å². The smallest absolute Gasteiger partial charge is 0.272 e. The van der Waals surface area contributed by atoms with Crippen LogP contribution >= 0.6 is 0 Å². The third-order valence-electron chi connectivity index (χ3n) is 4.37. The number of nitrogens with one attached hydrogen (secondary N) is 3. The summed E-state index contributed by atoms with van der Waals surface area (Å²) >= 11 is 0. The van der Waals surface area contributed by atoms with Crippen molar-refractivity contribution in [3.05, 3.63) is 65.4 Å². The van der Waals surface area contributed by atoms with Gasteiger partial charge in [-0.25, -0.2) is 0 Å². The highest BCUT2D eigenvalue weighted by Crippen LogP contribution is 2.31. The van der Waals surface area contributed by atoms with Gasteiger partial charge in [0.05, 0.1) is 0 Å². The van der Waals surface area contributed by atoms with Gasteiger partial charge in [-0.2, -0.15) is 0 Å². The van der Waals surface area contributed by atoms with Gasteiger partial charge in [-0.3, -0.25) is 14.4 Å². The number of amides is 3. The lowest BCUT2D eigenvalue weighted by Gasteiger charge is -2.13. The first-order chi connectivity index (χ1) is 13.4. The van der Waals surface area contributed by atoms with Crippen molar-refractivity contribution in [2.45, 2.75) is 26.7 Å². The minimum absolute atomic E-state index is 0.00878. The Labute approximate surface area is 164 Å². The van der Waals surface area contributed by atoms with Gasteiger partial charge in [-0.15, -0.1) is 0 Å². The summed E-state index contributed by atoms with van der Waals surface area (Å²) in [4.78, 5) is 36.3. The number of anilines is 2. The maximum atomic E-state index is 12.7. The number of hydrogen-bond donors (Lipinski definition) is 3. The fourth-order valence-corrected chi connectivity index (χ4v) is 2.68. The average molecular weight is 377 g/mol. The number of rotatable bonds is 6. The second kappa shape index (κ2) is 8.52. The van der Waals surface area contributed by atoms with Crippen LogP contribution in [0.2, 0.25) is 0 Å². The molecule has 1 aliphatic carbocycles. The Morgan fingerprint density at radius 3 is 2.36 bits per heavy atom. The van der Waals surface area contributed by atoms with Crippen LogP contribution in [0.1, 0.15) is 30.9 Å². The lowest BCUT2D eigenvalue weighted by Crippen LogP contribution is -2.29. The lowest BCUT2D eigenvalue weighted by molar-refractivity contribution is -0.120. The van der Waals surface area contributed by atoms with Crippen molar-refractivity contribution in [2.24, 2.45) is 5.92 Å². The third kappa shape index (κ3) is 5.30. The van der Waals surface area contributed by atoms with Crippen LogP contribution in [-0.4, -0.2) is 17.7 Å². The Kier molecular flexibility index (Phi) is 5.89. The van der Waals surface area contributed by atoms with Crippen LogP contribution in [0.4, 0.5) is 11.4 Å². The Hall–Kier alpha value is -3.41. The number of carbonyl (C=O) groups is 3. The van der Waals surface area contributed by atoms with Crippen molar-refractivity contribution in [2.75, 3.05) is 10.6 Å². The Bertz CT molecular complexity index is 931. The molecule has 6 heteroatoms. The predicted molar refractivity (Wildman–Crippen MR) is 109 cm³/mol. The van der Waals surface area contributed by atoms with E-state index in [1.807, 2.05) is 43.3 Å². The largest absolute Gasteiger partial charge is 0.326 e. The van der Waals surface area contributed by atoms with Gasteiger partial charge in [0, 0.05) is 24.2 Å². The summed E-state index contributed by atoms with van der Waals surface area (Å²) in [6.07, 6.45) is 3.46. The van der Waals surface area contributed by atoms with E-state index in [4.69, 9.17) is 0 Å². The van der Waals surface area contributed by atoms with Gasteiger partial charge in [0.15, 0.2) is 0 Å². The van der Waals surface area contributed by atoms with Crippen molar-refractivity contribution in [3.63, 3.8) is 0 Å². The SMILES string of the molecule is CC(=O)N/C(=C\c1ccccc1)C(=O)Nc1ccc(C)c(NC(=O)C2CC2)c1. The van der Waals surface area contributed by atoms with E-state index in [0.717, 1.165) is 24.0 Å². The Morgan fingerprint density at radius 2 is 1.71 bits per heavy atom. The Morgan fingerprint density at radius 1 is 1.00 bits per heavy atom. The van der Waals surface area contributed by atoms with E-state index in [9.17, 15) is 14.4 Å². The van der Waals surface area contributed by atoms with E-state index in [-0.39, 0.29) is 23.4 Å². The molecule has 1 saturated carbocycles. The number of benzene rings is 2. The molecular weight excluding hydrogens is 354 g/mol. The summed E-state index contributed by atoms with van der Waals surface area (Å²) in [7, 11) is 0. The van der Waals surface area contributed by atoms with Gasteiger partial charge < -0.3 is 16.0 Å². The number of carbonyl (C=O) groups excluding carboxylic acids is 3. The van der Waals surface area contributed by atoms with Crippen LogP contribution < -0.4 is 16.0 Å². The summed E-state index contributed by atoms with van der Waals surface area (Å²) in [5.41, 5.74) is 3.05. The normalized spacial score (nSPS) is 13.6. The minimum atomic E-state index is -0.442. The second-order valence-electron chi connectivity index (χ2n) is 6.90. The maximum Gasteiger partial charge on any atom is 0.272 e. The van der Waals surface area contributed by atoms with Crippen molar-refractivity contribution >= 4 is 35.2 Å². The monoisotopic (exact) mass is 377 g/mol. The molecule has 3 N–H and O–H groups in total. The standard InChI is InChI=1S/C22H23N3O3/c1-14-8-11-18(13-19(14)25-21(27)17-9-10-17)24-22(28)20(23-15(2)26)12-16-6-4-3-5-7-16/h3-8,11-13,17H,9-10H2,1-2H3,(H,23,26)(H,24,28)(H,25,27)/b20-12-. The minimum Gasteiger partial charge on any atom is -0.326 e. The van der Waals surface area contributed by atoms with Gasteiger partial charge in [0.1, 0.15) is 5.70 Å². The number of hydrogen-bond acceptors (Lipinski definition) is 3. The summed E-state index contributed by atoms with van der Waals surface area (Å²) in [5, 5.41) is 8.26. The lowest BCUT2D eigenvalue weighted by atomic mass is 10.1. The summed E-state index contributed by atoms with van der Waals surface area (Å²) in [6, 6.07) is 14.6. The molecule has 3 rings (SSSR count). The van der Waals surface area contributed by atoms with E-state index in [1.54, 1.807) is 18.2 Å². The molecule has 2 aromatic carbocycles. The highest BCUT2D eigenvalue weighted by atomic mass is 16.2. The highest BCUT2D eigenvalue weighted by Gasteiger charge is 2.29. The van der Waals surface area contributed by atoms with Gasteiger partial charge in [-0.05, 0) is 49.1 Å². The van der Waals surface area contributed by atoms with E-state index < -0.39 is 5.91 Å². The molecule has 0 radical (unpaired) electrons. The highest BCUT2D eigenvalue weighted by molar-refractivity contribution is 6.08. The van der Waals surface area contributed by atoms with E-state index >= 15 is 0 Å². The van der Waals surface area contributed by atoms with Gasteiger partial charge in [-0.1, -0.05) is 36.4 Å². The van der Waals surface area contributed by atoms with Crippen LogP contribution in [0.3, 0.4) is 0 Å². The fraction of sp³-hybridized carbons (Fsp3) is 0.227. The quantitative estimate of drug-likeness (QED) is 0.674. The molecule has 144 valence electrons. The van der Waals surface area contributed by atoms with Gasteiger partial charge in [0.2, 0.25) is 11.8 Å². The Balaban J connectivity index is 1.78. The molecule has 1 aliphatic rings. The first-order valence-electron chi connectivity index (χ1n) is 9.19. The first-order valence-corrected chi connectivity index (χ1v) is 9.19. The van der Waals surface area contributed by atoms with Crippen molar-refractivity contribution in [1.29, 1.82) is 0 Å². The van der Waals surface area contributed by atoms with Gasteiger partial charge in [0.25, 0.3) is 5.91 Å². The maximum absolute atomic E-state index is 12.7. The summed E-state index contributed by atoms with van der Waals surface area (Å²) in [5.74, 6) is -0.673. The summed E-state index contributed by atoms with van der Waals surface area (Å²) < 4.78 is 0. The van der Waals surface area contributed by atoms with Crippen molar-refractivity contribution in [1.82, 2.24) is 5.32 Å². The average Bonchev–Trinajstić information content (AvgIpc) is 3.49. The zero-order valence-corrected chi connectivity index (χ0v) is 15.9. The topological polar surface area (TPSA) is 87.3 Å². The van der Waals surface area contributed by atoms with Crippen LogP contribution in [0.15, 0.2) is 54.2 Å². The zero-order chi connectivity index (χ0) is 20.1. The van der Waals surface area contributed by atoms with Crippen LogP contribution in [-0.2, 0) is 14.4 Å². The van der Waals surface area contributed by atoms with Crippen molar-refractivity contribution in [3.8, 4) is 0 Å². The molecule has 2 aromatic rings. The molecule has 0 spiro atoms. The second-order valence-corrected chi connectivity index (χ2v) is 6.90. The predicted octanol–water partition coefficient (Wildman–Crippen LogP) is 3.46. The van der Waals surface area contributed by atoms with Crippen LogP contribution in [0, 0.1) is 12.8 Å². The first kappa shape index (κ1) is 19.4. The molecule has 0 unspecified atom stereocenters. The molecule has 6 nitrogen and oxygen atoms in total. The molecule has 0 atom stereocenters. The van der Waals surface area contributed by atoms with Crippen LogP contribution in [0.5, 0.6) is 0 Å². The summed E-state index contributed by atoms with van der Waals surface area (Å²) in [6.45, 7) is 3.25. The van der Waals surface area contributed by atoms with Crippen molar-refractivity contribution < 1.29 is 14.4 Å². The molecule has 0 saturated heterocycles. The zero-order valence-electron chi connectivity index (χ0n) is 15.9. The molecule has 3 amide bonds. The molecule has 0 heterocycles. The fourth-order valence-electron chi connectivity index (χ4n) is 2.68. The van der Waals surface area contributed by atoms with E-state index in [1.165, 1.54) is 6.92 Å². The number of aryl methyl sites for hydroxylation is 1. The molecule has 1 fully saturated rings. The molecule has 0 bridgehead atoms. The molecule has 28 heavy (non-hydrogen) atoms. The third-order valence-corrected chi connectivity index (χ3v) is 4.37. The molecule has 0 aromatic heterocycles. The van der Waals surface area contributed by atoms with E-state index in [0.29, 0.717) is 11.4 Å². The van der Waals surface area contributed by atoms with Crippen LogP contribution in [0.25, 0.3) is 6.08 Å². The van der Waals surface area contributed by atoms with Gasteiger partial charge >= 0.3 is 0 Å².